The SMILES string of the molecule is CO[C@@H]1CCCN2C(=O)c3ccc(F)c(c3)OCCN(Cc3ccc(Cl)cc3)CCCC[C@H]12. The van der Waals surface area contributed by atoms with Crippen molar-refractivity contribution in [3.05, 3.63) is 64.4 Å². The van der Waals surface area contributed by atoms with Gasteiger partial charge in [0, 0.05) is 37.3 Å². The zero-order valence-electron chi connectivity index (χ0n) is 19.1. The van der Waals surface area contributed by atoms with Crippen LogP contribution in [0.3, 0.4) is 0 Å². The van der Waals surface area contributed by atoms with Crippen molar-refractivity contribution in [3.63, 3.8) is 0 Å². The molecule has 2 aliphatic rings. The minimum atomic E-state index is -0.451. The Balaban J connectivity index is 1.56. The van der Waals surface area contributed by atoms with E-state index in [-0.39, 0.29) is 23.8 Å². The Bertz CT molecular complexity index is 940. The van der Waals surface area contributed by atoms with Gasteiger partial charge in [-0.2, -0.15) is 0 Å². The lowest BCUT2D eigenvalue weighted by atomic mass is 9.93. The molecule has 2 bridgehead atoms. The molecule has 0 aliphatic carbocycles. The summed E-state index contributed by atoms with van der Waals surface area (Å²) >= 11 is 6.03. The van der Waals surface area contributed by atoms with Crippen LogP contribution in [-0.2, 0) is 11.3 Å². The molecule has 0 aromatic heterocycles. The van der Waals surface area contributed by atoms with Crippen molar-refractivity contribution in [2.24, 2.45) is 0 Å². The summed E-state index contributed by atoms with van der Waals surface area (Å²) in [5.74, 6) is -0.401. The summed E-state index contributed by atoms with van der Waals surface area (Å²) in [6.45, 7) is 3.38. The van der Waals surface area contributed by atoms with E-state index >= 15 is 0 Å². The minimum absolute atomic E-state index is 0.0249. The lowest BCUT2D eigenvalue weighted by Gasteiger charge is -2.41. The molecule has 0 saturated carbocycles. The summed E-state index contributed by atoms with van der Waals surface area (Å²) < 4.78 is 26.0. The minimum Gasteiger partial charge on any atom is -0.489 e. The van der Waals surface area contributed by atoms with Crippen LogP contribution in [0.2, 0.25) is 5.02 Å². The predicted molar refractivity (Wildman–Crippen MR) is 127 cm³/mol. The number of benzene rings is 2. The van der Waals surface area contributed by atoms with Crippen molar-refractivity contribution in [2.45, 2.75) is 50.8 Å². The molecule has 2 aromatic carbocycles. The van der Waals surface area contributed by atoms with Crippen LogP contribution in [0.1, 0.15) is 48.0 Å². The van der Waals surface area contributed by atoms with Crippen molar-refractivity contribution < 1.29 is 18.7 Å². The topological polar surface area (TPSA) is 42.0 Å². The van der Waals surface area contributed by atoms with Gasteiger partial charge >= 0.3 is 0 Å². The average Bonchev–Trinajstić information content (AvgIpc) is 2.83. The Labute approximate surface area is 200 Å². The second kappa shape index (κ2) is 11.3. The van der Waals surface area contributed by atoms with Crippen molar-refractivity contribution >= 4 is 17.5 Å². The van der Waals surface area contributed by atoms with Gasteiger partial charge in [0.15, 0.2) is 11.6 Å². The van der Waals surface area contributed by atoms with E-state index < -0.39 is 5.82 Å². The number of ether oxygens (including phenoxy) is 2. The van der Waals surface area contributed by atoms with Crippen LogP contribution >= 0.6 is 11.6 Å². The smallest absolute Gasteiger partial charge is 0.254 e. The fourth-order valence-corrected chi connectivity index (χ4v) is 5.02. The van der Waals surface area contributed by atoms with Crippen LogP contribution in [0.5, 0.6) is 5.75 Å². The largest absolute Gasteiger partial charge is 0.489 e. The van der Waals surface area contributed by atoms with Crippen LogP contribution in [0.25, 0.3) is 0 Å². The number of fused-ring (bicyclic) bond motifs is 3. The number of amides is 1. The zero-order chi connectivity index (χ0) is 23.2. The Kier molecular flexibility index (Phi) is 8.23. The molecular formula is C26H32ClFN2O3. The summed E-state index contributed by atoms with van der Waals surface area (Å²) in [7, 11) is 1.72. The second-order valence-corrected chi connectivity index (χ2v) is 9.31. The third-order valence-electron chi connectivity index (χ3n) is 6.67. The highest BCUT2D eigenvalue weighted by atomic mass is 35.5. The van der Waals surface area contributed by atoms with E-state index in [2.05, 4.69) is 4.90 Å². The molecule has 5 nitrogen and oxygen atoms in total. The number of hydrogen-bond donors (Lipinski definition) is 0. The molecule has 33 heavy (non-hydrogen) atoms. The normalized spacial score (nSPS) is 22.9. The summed E-state index contributed by atoms with van der Waals surface area (Å²) in [5, 5.41) is 0.720. The van der Waals surface area contributed by atoms with Crippen molar-refractivity contribution in [2.75, 3.05) is 33.4 Å². The maximum Gasteiger partial charge on any atom is 0.254 e. The second-order valence-electron chi connectivity index (χ2n) is 8.87. The van der Waals surface area contributed by atoms with Gasteiger partial charge in [-0.3, -0.25) is 9.69 Å². The van der Waals surface area contributed by atoms with Gasteiger partial charge in [-0.05, 0) is 68.1 Å². The molecule has 2 aromatic rings. The molecule has 1 fully saturated rings. The van der Waals surface area contributed by atoms with E-state index in [4.69, 9.17) is 21.1 Å². The van der Waals surface area contributed by atoms with E-state index in [1.54, 1.807) is 19.2 Å². The summed E-state index contributed by atoms with van der Waals surface area (Å²) in [6.07, 6.45) is 4.77. The molecule has 2 aliphatic heterocycles. The molecule has 1 amide bonds. The van der Waals surface area contributed by atoms with Gasteiger partial charge in [-0.15, -0.1) is 0 Å². The fourth-order valence-electron chi connectivity index (χ4n) is 4.89. The maximum absolute atomic E-state index is 14.4. The van der Waals surface area contributed by atoms with E-state index in [0.29, 0.717) is 25.3 Å². The number of halogens is 2. The molecular weight excluding hydrogens is 443 g/mol. The Hall–Kier alpha value is -2.15. The molecule has 1 saturated heterocycles. The highest BCUT2D eigenvalue weighted by Gasteiger charge is 2.34. The first-order valence-corrected chi connectivity index (χ1v) is 12.2. The summed E-state index contributed by atoms with van der Waals surface area (Å²) in [6, 6.07) is 12.3. The highest BCUT2D eigenvalue weighted by Crippen LogP contribution is 2.28. The lowest BCUT2D eigenvalue weighted by molar-refractivity contribution is -0.0156. The van der Waals surface area contributed by atoms with Crippen LogP contribution in [0.4, 0.5) is 4.39 Å². The Morgan fingerprint density at radius 2 is 1.88 bits per heavy atom. The number of carbonyl (C=O) groups is 1. The number of nitrogens with zero attached hydrogens (tertiary/aromatic N) is 2. The predicted octanol–water partition coefficient (Wildman–Crippen LogP) is 5.16. The third-order valence-corrected chi connectivity index (χ3v) is 6.92. The molecule has 2 heterocycles. The van der Waals surface area contributed by atoms with Crippen molar-refractivity contribution in [1.82, 2.24) is 9.80 Å². The first-order chi connectivity index (χ1) is 16.0. The zero-order valence-corrected chi connectivity index (χ0v) is 19.9. The summed E-state index contributed by atoms with van der Waals surface area (Å²) in [4.78, 5) is 17.6. The van der Waals surface area contributed by atoms with Crippen LogP contribution in [-0.4, -0.2) is 61.2 Å². The van der Waals surface area contributed by atoms with Gasteiger partial charge in [0.2, 0.25) is 0 Å². The first kappa shape index (κ1) is 24.0. The Morgan fingerprint density at radius 1 is 1.06 bits per heavy atom. The van der Waals surface area contributed by atoms with Crippen LogP contribution < -0.4 is 4.74 Å². The summed E-state index contributed by atoms with van der Waals surface area (Å²) in [5.41, 5.74) is 1.64. The number of carbonyl (C=O) groups excluding carboxylic acids is 1. The van der Waals surface area contributed by atoms with E-state index in [9.17, 15) is 9.18 Å². The van der Waals surface area contributed by atoms with Crippen LogP contribution in [0.15, 0.2) is 42.5 Å². The van der Waals surface area contributed by atoms with Gasteiger partial charge in [0.25, 0.3) is 5.91 Å². The van der Waals surface area contributed by atoms with Gasteiger partial charge in [-0.25, -0.2) is 4.39 Å². The van der Waals surface area contributed by atoms with Crippen LogP contribution in [0, 0.1) is 5.82 Å². The third kappa shape index (κ3) is 6.05. The molecule has 0 unspecified atom stereocenters. The van der Waals surface area contributed by atoms with Crippen molar-refractivity contribution in [3.8, 4) is 5.75 Å². The van der Waals surface area contributed by atoms with Gasteiger partial charge in [-0.1, -0.05) is 30.2 Å². The van der Waals surface area contributed by atoms with Gasteiger partial charge < -0.3 is 14.4 Å². The maximum atomic E-state index is 14.4. The fraction of sp³-hybridized carbons (Fsp3) is 0.500. The van der Waals surface area contributed by atoms with E-state index in [1.807, 2.05) is 29.2 Å². The standard InChI is InChI=1S/C26H32ClFN2O3/c1-32-24-6-4-14-30-23(24)5-2-3-13-29(18-19-7-10-21(27)11-8-19)15-16-33-25-17-20(26(30)31)9-12-22(25)28/h7-12,17,23-24H,2-6,13-16,18H2,1H3/t23-,24-/m1/s1. The molecule has 0 N–H and O–H groups in total. The van der Waals surface area contributed by atoms with E-state index in [0.717, 1.165) is 50.2 Å². The van der Waals surface area contributed by atoms with Gasteiger partial charge in [0.05, 0.1) is 12.1 Å². The quantitative estimate of drug-likeness (QED) is 0.616. The monoisotopic (exact) mass is 474 g/mol. The van der Waals surface area contributed by atoms with Crippen molar-refractivity contribution in [1.29, 1.82) is 0 Å². The molecule has 178 valence electrons. The highest BCUT2D eigenvalue weighted by molar-refractivity contribution is 6.30. The number of methoxy groups -OCH3 is 1. The lowest BCUT2D eigenvalue weighted by Crippen LogP contribution is -2.51. The molecule has 0 spiro atoms. The molecule has 2 atom stereocenters. The number of piperidine rings is 1. The Morgan fingerprint density at radius 3 is 2.67 bits per heavy atom. The number of hydrogen-bond acceptors (Lipinski definition) is 4. The molecule has 7 heteroatoms. The van der Waals surface area contributed by atoms with Gasteiger partial charge in [0.1, 0.15) is 6.61 Å². The molecule has 4 rings (SSSR count). The first-order valence-electron chi connectivity index (χ1n) is 11.8. The van der Waals surface area contributed by atoms with E-state index in [1.165, 1.54) is 11.6 Å². The average molecular weight is 475 g/mol. The number of rotatable bonds is 3. The molecule has 0 radical (unpaired) electrons.